The molecular weight excluding hydrogens is 314 g/mol. The van der Waals surface area contributed by atoms with E-state index in [9.17, 15) is 0 Å². The molecule has 1 aromatic heterocycles. The minimum absolute atomic E-state index is 0.872. The van der Waals surface area contributed by atoms with E-state index in [1.807, 2.05) is 19.9 Å². The number of aromatic amines is 1. The summed E-state index contributed by atoms with van der Waals surface area (Å²) >= 11 is 0. The van der Waals surface area contributed by atoms with Gasteiger partial charge in [0, 0.05) is 11.4 Å². The number of benzene rings is 2. The van der Waals surface area contributed by atoms with Crippen LogP contribution in [0.15, 0.2) is 97.6 Å². The van der Waals surface area contributed by atoms with Crippen molar-refractivity contribution >= 4 is 16.8 Å². The Hall–Kier alpha value is -3.06. The summed E-state index contributed by atoms with van der Waals surface area (Å²) < 4.78 is 0. The van der Waals surface area contributed by atoms with Gasteiger partial charge >= 0.3 is 0 Å². The maximum absolute atomic E-state index is 3.85. The Balaban J connectivity index is 0.00000117. The molecule has 0 amide bonds. The highest BCUT2D eigenvalue weighted by Gasteiger charge is 2.01. The molecule has 1 nitrogen and oxygen atoms in total. The lowest BCUT2D eigenvalue weighted by Crippen LogP contribution is -1.79. The monoisotopic (exact) mass is 341 g/mol. The largest absolute Gasteiger partial charge is 0.355 e. The second-order valence-electron chi connectivity index (χ2n) is 5.71. The van der Waals surface area contributed by atoms with Crippen LogP contribution in [0, 0.1) is 0 Å². The van der Waals surface area contributed by atoms with E-state index in [2.05, 4.69) is 91.0 Å². The molecule has 0 saturated carbocycles. The molecule has 0 atom stereocenters. The maximum atomic E-state index is 3.85. The van der Waals surface area contributed by atoms with Crippen molar-refractivity contribution in [3.63, 3.8) is 0 Å². The molecule has 0 saturated heterocycles. The lowest BCUT2D eigenvalue weighted by Gasteiger charge is -2.01. The quantitative estimate of drug-likeness (QED) is 0.445. The smallest absolute Gasteiger partial charge is 0.0458 e. The van der Waals surface area contributed by atoms with E-state index in [0.29, 0.717) is 0 Å². The van der Waals surface area contributed by atoms with E-state index in [0.717, 1.165) is 23.4 Å². The van der Waals surface area contributed by atoms with Crippen LogP contribution in [-0.2, 0) is 0 Å². The predicted molar refractivity (Wildman–Crippen MR) is 117 cm³/mol. The Morgan fingerprint density at radius 3 is 2.50 bits per heavy atom. The van der Waals surface area contributed by atoms with E-state index in [1.54, 1.807) is 6.08 Å². The van der Waals surface area contributed by atoms with Crippen LogP contribution in [0.1, 0.15) is 26.0 Å². The zero-order valence-corrected chi connectivity index (χ0v) is 15.7. The Labute approximate surface area is 157 Å². The molecule has 0 radical (unpaired) electrons. The zero-order valence-electron chi connectivity index (χ0n) is 15.7. The minimum atomic E-state index is 0.872. The third-order valence-corrected chi connectivity index (χ3v) is 3.93. The average Bonchev–Trinajstić information content (AvgIpc) is 3.17. The highest BCUT2D eigenvalue weighted by Crippen LogP contribution is 2.24. The van der Waals surface area contributed by atoms with Crippen LogP contribution in [0.4, 0.5) is 0 Å². The summed E-state index contributed by atoms with van der Waals surface area (Å²) in [5.41, 5.74) is 4.38. The molecule has 26 heavy (non-hydrogen) atoms. The van der Waals surface area contributed by atoms with Crippen molar-refractivity contribution in [2.24, 2.45) is 0 Å². The molecule has 3 rings (SSSR count). The molecule has 0 aliphatic rings. The van der Waals surface area contributed by atoms with Crippen molar-refractivity contribution in [1.29, 1.82) is 0 Å². The van der Waals surface area contributed by atoms with E-state index < -0.39 is 0 Å². The van der Waals surface area contributed by atoms with Crippen molar-refractivity contribution in [3.8, 4) is 11.3 Å². The summed E-state index contributed by atoms with van der Waals surface area (Å²) in [6, 6.07) is 19.2. The average molecular weight is 341 g/mol. The zero-order chi connectivity index (χ0) is 18.8. The van der Waals surface area contributed by atoms with Gasteiger partial charge in [0.2, 0.25) is 0 Å². The molecule has 3 aromatic rings. The number of hydrogen-bond donors (Lipinski definition) is 1. The van der Waals surface area contributed by atoms with Crippen LogP contribution in [0.3, 0.4) is 0 Å². The molecule has 132 valence electrons. The number of nitrogens with one attached hydrogen (secondary N) is 1. The fourth-order valence-electron chi connectivity index (χ4n) is 2.60. The molecule has 0 aliphatic carbocycles. The maximum Gasteiger partial charge on any atom is 0.0458 e. The lowest BCUT2D eigenvalue weighted by molar-refractivity contribution is 1.35. The third kappa shape index (κ3) is 5.22. The van der Waals surface area contributed by atoms with Crippen LogP contribution < -0.4 is 0 Å². The van der Waals surface area contributed by atoms with Gasteiger partial charge in [-0.3, -0.25) is 0 Å². The van der Waals surface area contributed by atoms with Gasteiger partial charge in [0.25, 0.3) is 0 Å². The number of hydrogen-bond acceptors (Lipinski definition) is 0. The second kappa shape index (κ2) is 10.0. The van der Waals surface area contributed by atoms with Gasteiger partial charge in [-0.1, -0.05) is 87.7 Å². The molecule has 0 spiro atoms. The van der Waals surface area contributed by atoms with Crippen LogP contribution in [0.5, 0.6) is 0 Å². The van der Waals surface area contributed by atoms with Crippen LogP contribution >= 0.6 is 0 Å². The summed E-state index contributed by atoms with van der Waals surface area (Å²) in [6.07, 6.45) is 10.9. The molecule has 1 heterocycles. The van der Waals surface area contributed by atoms with Crippen molar-refractivity contribution in [2.75, 3.05) is 0 Å². The lowest BCUT2D eigenvalue weighted by atomic mass is 10.1. The topological polar surface area (TPSA) is 15.8 Å². The van der Waals surface area contributed by atoms with Crippen molar-refractivity contribution < 1.29 is 0 Å². The number of allylic oxidation sites excluding steroid dienone is 5. The molecule has 0 unspecified atom stereocenters. The summed E-state index contributed by atoms with van der Waals surface area (Å²) in [4.78, 5) is 3.46. The van der Waals surface area contributed by atoms with Crippen molar-refractivity contribution in [3.05, 3.63) is 103 Å². The van der Waals surface area contributed by atoms with Crippen LogP contribution in [0.2, 0.25) is 0 Å². The first-order chi connectivity index (χ1) is 12.8. The number of fused-ring (bicyclic) bond motifs is 1. The summed E-state index contributed by atoms with van der Waals surface area (Å²) in [6.45, 7) is 11.5. The third-order valence-electron chi connectivity index (χ3n) is 3.93. The first-order valence-electron chi connectivity index (χ1n) is 9.09. The van der Waals surface area contributed by atoms with Gasteiger partial charge in [0.1, 0.15) is 0 Å². The Morgan fingerprint density at radius 2 is 1.73 bits per heavy atom. The fraction of sp³-hybridized carbons (Fsp3) is 0.120. The van der Waals surface area contributed by atoms with Gasteiger partial charge in [-0.05, 0) is 52.6 Å². The molecule has 0 aliphatic heterocycles. The van der Waals surface area contributed by atoms with Crippen LogP contribution in [-0.4, -0.2) is 4.98 Å². The second-order valence-corrected chi connectivity index (χ2v) is 5.71. The van der Waals surface area contributed by atoms with E-state index in [1.165, 1.54) is 16.3 Å². The Bertz CT molecular complexity index is 922. The molecule has 0 bridgehead atoms. The fourth-order valence-corrected chi connectivity index (χ4v) is 2.60. The van der Waals surface area contributed by atoms with Gasteiger partial charge < -0.3 is 4.98 Å². The minimum Gasteiger partial charge on any atom is -0.355 e. The number of rotatable bonds is 6. The highest BCUT2D eigenvalue weighted by atomic mass is 14.7. The van der Waals surface area contributed by atoms with Gasteiger partial charge in [0.15, 0.2) is 0 Å². The number of aromatic nitrogens is 1. The molecule has 2 aromatic carbocycles. The summed E-state index contributed by atoms with van der Waals surface area (Å²) in [5.74, 6) is 0. The van der Waals surface area contributed by atoms with E-state index in [-0.39, 0.29) is 0 Å². The SMILES string of the molecule is C=CC(=C)/C=C\C/C=C\c1ccc(-c2ccc3ccccc3c2)[nH]1.CC. The summed E-state index contributed by atoms with van der Waals surface area (Å²) in [7, 11) is 0. The van der Waals surface area contributed by atoms with Crippen LogP contribution in [0.25, 0.3) is 28.1 Å². The Morgan fingerprint density at radius 1 is 0.962 bits per heavy atom. The van der Waals surface area contributed by atoms with Gasteiger partial charge in [0.05, 0.1) is 0 Å². The molecular formula is C25H27N. The first-order valence-corrected chi connectivity index (χ1v) is 9.09. The summed E-state index contributed by atoms with van der Waals surface area (Å²) in [5, 5.41) is 2.52. The normalized spacial score (nSPS) is 10.8. The molecule has 0 fully saturated rings. The Kier molecular flexibility index (Phi) is 7.45. The number of H-pyrrole nitrogens is 1. The molecule has 1 N–H and O–H groups in total. The van der Waals surface area contributed by atoms with Gasteiger partial charge in [-0.25, -0.2) is 0 Å². The van der Waals surface area contributed by atoms with E-state index >= 15 is 0 Å². The highest BCUT2D eigenvalue weighted by molar-refractivity contribution is 5.86. The molecule has 1 heteroatoms. The van der Waals surface area contributed by atoms with E-state index in [4.69, 9.17) is 0 Å². The van der Waals surface area contributed by atoms with Crippen molar-refractivity contribution in [1.82, 2.24) is 4.98 Å². The first kappa shape index (κ1) is 19.3. The predicted octanol–water partition coefficient (Wildman–Crippen LogP) is 7.56. The van der Waals surface area contributed by atoms with Crippen molar-refractivity contribution in [2.45, 2.75) is 20.3 Å². The van der Waals surface area contributed by atoms with Gasteiger partial charge in [-0.15, -0.1) is 0 Å². The van der Waals surface area contributed by atoms with Gasteiger partial charge in [-0.2, -0.15) is 0 Å². The standard InChI is InChI=1S/C23H21N.C2H6/c1-3-18(2)9-5-4-6-12-22-15-16-23(24-22)21-14-13-19-10-7-8-11-20(19)17-21;1-2/h3,5-17,24H,1-2,4H2;1-2H3/b9-5-,12-6-;.